The third kappa shape index (κ3) is 76.1. The Labute approximate surface area is 184 Å². The van der Waals surface area contributed by atoms with Gasteiger partial charge in [-0.25, -0.2) is 12.1 Å². The van der Waals surface area contributed by atoms with Crippen molar-refractivity contribution in [2.45, 2.75) is 50.1 Å². The van der Waals surface area contributed by atoms with Crippen LogP contribution in [0.5, 0.6) is 0 Å². The molecule has 3 nitrogen and oxygen atoms in total. The van der Waals surface area contributed by atoms with E-state index in [1.807, 2.05) is 51.1 Å². The van der Waals surface area contributed by atoms with Crippen molar-refractivity contribution in [3.8, 4) is 0 Å². The van der Waals surface area contributed by atoms with Gasteiger partial charge in [0, 0.05) is 0 Å². The molecule has 0 amide bonds. The summed E-state index contributed by atoms with van der Waals surface area (Å²) in [4.78, 5) is 0. The quantitative estimate of drug-likeness (QED) is 0.193. The molecule has 0 saturated carbocycles. The van der Waals surface area contributed by atoms with Crippen LogP contribution in [-0.4, -0.2) is 45.1 Å². The molecule has 0 bridgehead atoms. The summed E-state index contributed by atoms with van der Waals surface area (Å²) in [5, 5.41) is -9.97. The van der Waals surface area contributed by atoms with Crippen molar-refractivity contribution < 1.29 is 52.2 Å². The molecular formula is C16H30F6GeHfN3. The van der Waals surface area contributed by atoms with E-state index in [4.69, 9.17) is 17.2 Å². The number of nitrogens with one attached hydrogen (secondary N) is 3. The van der Waals surface area contributed by atoms with Gasteiger partial charge in [0.25, 0.3) is 0 Å². The van der Waals surface area contributed by atoms with E-state index >= 15 is 0 Å². The van der Waals surface area contributed by atoms with Crippen molar-refractivity contribution >= 4 is 15.4 Å². The Balaban J connectivity index is -0.0000000780. The Morgan fingerprint density at radius 2 is 0.926 bits per heavy atom. The van der Waals surface area contributed by atoms with Gasteiger partial charge in [0.2, 0.25) is 0 Å². The van der Waals surface area contributed by atoms with Gasteiger partial charge in [0.15, 0.2) is 0 Å². The van der Waals surface area contributed by atoms with Crippen LogP contribution in [0.25, 0.3) is 17.2 Å². The number of hydrogen-bond donors (Lipinski definition) is 0. The summed E-state index contributed by atoms with van der Waals surface area (Å²) in [6, 6.07) is 10.0. The van der Waals surface area contributed by atoms with Crippen LogP contribution in [0, 0.1) is 0 Å². The molecule has 0 aliphatic rings. The van der Waals surface area contributed by atoms with Crippen LogP contribution in [0.1, 0.15) is 40.0 Å². The molecule has 0 heterocycles. The molecule has 0 fully saturated rings. The van der Waals surface area contributed by atoms with Gasteiger partial charge in [-0.15, -0.1) is 0 Å². The second-order valence-electron chi connectivity index (χ2n) is 4.44. The molecule has 159 valence electrons. The molecule has 1 aromatic rings. The van der Waals surface area contributed by atoms with Crippen molar-refractivity contribution in [1.29, 1.82) is 0 Å². The first-order valence-corrected chi connectivity index (χ1v) is 10.5. The van der Waals surface area contributed by atoms with Crippen LogP contribution in [0.3, 0.4) is 0 Å². The summed E-state index contributed by atoms with van der Waals surface area (Å²) >= 11 is -4.06. The summed E-state index contributed by atoms with van der Waals surface area (Å²) in [5.74, 6) is 0. The number of hydrogen-bond acceptors (Lipinski definition) is 0. The number of halogens is 6. The molecule has 0 aromatic heterocycles. The zero-order valence-corrected chi connectivity index (χ0v) is 22.0. The Morgan fingerprint density at radius 3 is 0.963 bits per heavy atom. The summed E-state index contributed by atoms with van der Waals surface area (Å²) in [6.45, 7) is 7.69. The van der Waals surface area contributed by atoms with Crippen LogP contribution in [0.2, 0.25) is 0 Å². The van der Waals surface area contributed by atoms with Gasteiger partial charge in [-0.2, -0.15) is 37.8 Å². The van der Waals surface area contributed by atoms with Crippen molar-refractivity contribution in [3.63, 3.8) is 0 Å². The topological polar surface area (TPSA) is 71.4 Å². The van der Waals surface area contributed by atoms with Crippen LogP contribution < -0.4 is 0 Å². The van der Waals surface area contributed by atoms with E-state index in [1.165, 1.54) is 0 Å². The average molecular weight is 630 g/mol. The predicted octanol–water partition coefficient (Wildman–Crippen LogP) is 7.21. The van der Waals surface area contributed by atoms with Crippen molar-refractivity contribution in [2.75, 3.05) is 19.6 Å². The van der Waals surface area contributed by atoms with Crippen LogP contribution in [0.15, 0.2) is 30.3 Å². The molecule has 1 rings (SSSR count). The third-order valence-electron chi connectivity index (χ3n) is 1.63. The largest absolute Gasteiger partial charge is 4.00 e. The predicted molar refractivity (Wildman–Crippen MR) is 99.7 cm³/mol. The Kier molecular flexibility index (Phi) is 39.9. The molecule has 1 radical (unpaired) electrons. The standard InChI is InChI=1S/C5H5.3C3H8N.C2HF6Ge.Hf/c1-2-4-5-3-1;3*1-2-3-4;3-1(4,5)9-2(6,7)8;/h1-5H;3*4H,2-3H2,1H3;9H;/q4*-1;;+4. The molecule has 27 heavy (non-hydrogen) atoms. The Bertz CT molecular complexity index is 278. The fourth-order valence-electron chi connectivity index (χ4n) is 0.506. The molecule has 0 aliphatic heterocycles. The molecular weight excluding hydrogens is 599 g/mol. The summed E-state index contributed by atoms with van der Waals surface area (Å²) < 4.78 is 65.4. The summed E-state index contributed by atoms with van der Waals surface area (Å²) in [7, 11) is 0. The second-order valence-corrected chi connectivity index (χ2v) is 7.79. The Morgan fingerprint density at radius 1 is 0.704 bits per heavy atom. The first-order chi connectivity index (χ1) is 11.9. The molecule has 0 spiro atoms. The van der Waals surface area contributed by atoms with Crippen molar-refractivity contribution in [3.05, 3.63) is 47.5 Å². The molecule has 0 atom stereocenters. The minimum absolute atomic E-state index is 0. The van der Waals surface area contributed by atoms with E-state index in [-0.39, 0.29) is 25.8 Å². The first kappa shape index (κ1) is 37.9. The van der Waals surface area contributed by atoms with Crippen LogP contribution in [0.4, 0.5) is 26.3 Å². The van der Waals surface area contributed by atoms with Crippen LogP contribution in [-0.2, 0) is 25.8 Å². The molecule has 0 unspecified atom stereocenters. The van der Waals surface area contributed by atoms with Crippen molar-refractivity contribution in [1.82, 2.24) is 0 Å². The zero-order valence-electron chi connectivity index (χ0n) is 16.0. The van der Waals surface area contributed by atoms with E-state index < -0.39 is 25.4 Å². The van der Waals surface area contributed by atoms with Gasteiger partial charge < -0.3 is 17.2 Å². The van der Waals surface area contributed by atoms with Crippen LogP contribution >= 0.6 is 0 Å². The van der Waals surface area contributed by atoms with Gasteiger partial charge in [0.1, 0.15) is 0 Å². The molecule has 3 N–H and O–H groups in total. The first-order valence-electron chi connectivity index (χ1n) is 8.06. The van der Waals surface area contributed by atoms with Gasteiger partial charge in [0.05, 0.1) is 0 Å². The fraction of sp³-hybridized carbons (Fsp3) is 0.688. The molecule has 0 saturated heterocycles. The van der Waals surface area contributed by atoms with E-state index in [9.17, 15) is 26.3 Å². The summed E-state index contributed by atoms with van der Waals surface area (Å²) in [5.41, 5.74) is 19.4. The Hall–Kier alpha value is 0.223. The molecule has 1 aromatic carbocycles. The normalized spacial score (nSPS) is 9.48. The maximum Gasteiger partial charge on any atom is 4.00 e. The second kappa shape index (κ2) is 28.4. The van der Waals surface area contributed by atoms with Gasteiger partial charge in [-0.1, -0.05) is 40.0 Å². The van der Waals surface area contributed by atoms with E-state index in [0.717, 1.165) is 19.3 Å². The van der Waals surface area contributed by atoms with E-state index in [2.05, 4.69) is 0 Å². The number of alkyl halides is 6. The van der Waals surface area contributed by atoms with Crippen molar-refractivity contribution in [2.24, 2.45) is 0 Å². The molecule has 11 heteroatoms. The maximum absolute atomic E-state index is 10.9. The zero-order chi connectivity index (χ0) is 21.5. The van der Waals surface area contributed by atoms with Gasteiger partial charge in [-0.3, -0.25) is 0 Å². The minimum atomic E-state index is -4.98. The van der Waals surface area contributed by atoms with E-state index in [1.54, 1.807) is 0 Å². The minimum Gasteiger partial charge on any atom is -0.214 e. The summed E-state index contributed by atoms with van der Waals surface area (Å²) in [6.07, 6.45) is 2.96. The smallest absolute Gasteiger partial charge is 0.214 e. The number of rotatable bonds is 3. The fourth-order valence-corrected chi connectivity index (χ4v) is 1.29. The molecule has 0 aliphatic carbocycles. The van der Waals surface area contributed by atoms with Gasteiger partial charge >= 0.3 is 77.6 Å². The third-order valence-corrected chi connectivity index (χ3v) is 3.01. The van der Waals surface area contributed by atoms with E-state index in [0.29, 0.717) is 19.6 Å². The monoisotopic (exact) mass is 632 g/mol. The van der Waals surface area contributed by atoms with Gasteiger partial charge in [-0.05, 0) is 0 Å². The SMILES string of the molecule is CCC[NH-].CCC[NH-].CCC[NH-].F[C](F)(F)[GeH][C](F)(F)F.[Hf+4].c1cc[cH-]c1. The average Bonchev–Trinajstić information content (AvgIpc) is 3.12. The maximum atomic E-state index is 10.9.